The lowest BCUT2D eigenvalue weighted by Crippen LogP contribution is -2.15. The zero-order chi connectivity index (χ0) is 16.8. The van der Waals surface area contributed by atoms with Crippen molar-refractivity contribution in [2.75, 3.05) is 11.9 Å². The van der Waals surface area contributed by atoms with Crippen LogP contribution in [0.4, 0.5) is 5.69 Å². The quantitative estimate of drug-likeness (QED) is 0.579. The molecule has 0 atom stereocenters. The van der Waals surface area contributed by atoms with Crippen LogP contribution < -0.4 is 10.6 Å². The van der Waals surface area contributed by atoms with Crippen LogP contribution in [-0.4, -0.2) is 17.4 Å². The first-order chi connectivity index (χ1) is 11.7. The highest BCUT2D eigenvalue weighted by Crippen LogP contribution is 2.18. The number of hydrogen-bond donors (Lipinski definition) is 3. The molecule has 1 amide bonds. The molecular weight excluding hydrogens is 298 g/mol. The summed E-state index contributed by atoms with van der Waals surface area (Å²) >= 11 is 0. The van der Waals surface area contributed by atoms with Gasteiger partial charge in [0, 0.05) is 36.3 Å². The van der Waals surface area contributed by atoms with Crippen molar-refractivity contribution >= 4 is 22.5 Å². The van der Waals surface area contributed by atoms with Gasteiger partial charge in [-0.2, -0.15) is 0 Å². The summed E-state index contributed by atoms with van der Waals surface area (Å²) < 4.78 is 0. The van der Waals surface area contributed by atoms with E-state index in [0.717, 1.165) is 31.6 Å². The molecule has 1 heterocycles. The molecular formula is C20H23N3O. The van der Waals surface area contributed by atoms with Gasteiger partial charge in [-0.25, -0.2) is 0 Å². The second-order valence-electron chi connectivity index (χ2n) is 6.02. The van der Waals surface area contributed by atoms with Crippen LogP contribution in [0, 0.1) is 0 Å². The number of fused-ring (bicyclic) bond motifs is 1. The Balaban J connectivity index is 1.41. The van der Waals surface area contributed by atoms with Crippen LogP contribution in [0.1, 0.15) is 24.5 Å². The number of amides is 1. The number of rotatable bonds is 7. The first-order valence-electron chi connectivity index (χ1n) is 8.34. The van der Waals surface area contributed by atoms with Crippen molar-refractivity contribution in [1.29, 1.82) is 0 Å². The maximum absolute atomic E-state index is 11.0. The summed E-state index contributed by atoms with van der Waals surface area (Å²) in [6.45, 7) is 3.34. The molecule has 3 aromatic rings. The van der Waals surface area contributed by atoms with Crippen LogP contribution in [0.2, 0.25) is 0 Å². The topological polar surface area (TPSA) is 56.9 Å². The van der Waals surface area contributed by atoms with Gasteiger partial charge >= 0.3 is 0 Å². The van der Waals surface area contributed by atoms with Gasteiger partial charge in [-0.05, 0) is 48.7 Å². The molecule has 0 fully saturated rings. The van der Waals surface area contributed by atoms with E-state index in [9.17, 15) is 4.79 Å². The predicted molar refractivity (Wildman–Crippen MR) is 99.1 cm³/mol. The zero-order valence-electron chi connectivity index (χ0n) is 13.9. The van der Waals surface area contributed by atoms with Gasteiger partial charge in [0.15, 0.2) is 0 Å². The average Bonchev–Trinajstić information content (AvgIpc) is 2.99. The minimum atomic E-state index is -0.0434. The monoisotopic (exact) mass is 321 g/mol. The largest absolute Gasteiger partial charge is 0.361 e. The maximum atomic E-state index is 11.0. The van der Waals surface area contributed by atoms with Gasteiger partial charge in [-0.3, -0.25) is 4.79 Å². The summed E-state index contributed by atoms with van der Waals surface area (Å²) in [5, 5.41) is 7.58. The van der Waals surface area contributed by atoms with E-state index in [2.05, 4.69) is 46.1 Å². The SMILES string of the molecule is CC(=O)Nc1ccc(CNCCCc2c[nH]c3ccccc23)cc1. The van der Waals surface area contributed by atoms with Gasteiger partial charge in [0.05, 0.1) is 0 Å². The van der Waals surface area contributed by atoms with E-state index in [1.807, 2.05) is 24.3 Å². The van der Waals surface area contributed by atoms with Crippen molar-refractivity contribution in [3.05, 3.63) is 65.9 Å². The van der Waals surface area contributed by atoms with Gasteiger partial charge in [-0.15, -0.1) is 0 Å². The molecule has 124 valence electrons. The molecule has 0 radical (unpaired) electrons. The fourth-order valence-electron chi connectivity index (χ4n) is 2.88. The Labute approximate surface area is 142 Å². The Morgan fingerprint density at radius 2 is 1.88 bits per heavy atom. The van der Waals surface area contributed by atoms with Gasteiger partial charge < -0.3 is 15.6 Å². The summed E-state index contributed by atoms with van der Waals surface area (Å²) in [6.07, 6.45) is 4.29. The fraction of sp³-hybridized carbons (Fsp3) is 0.250. The zero-order valence-corrected chi connectivity index (χ0v) is 13.9. The van der Waals surface area contributed by atoms with E-state index in [0.29, 0.717) is 0 Å². The van der Waals surface area contributed by atoms with Crippen LogP contribution in [0.25, 0.3) is 10.9 Å². The molecule has 0 aliphatic heterocycles. The highest BCUT2D eigenvalue weighted by molar-refractivity contribution is 5.88. The Hall–Kier alpha value is -2.59. The Morgan fingerprint density at radius 3 is 2.67 bits per heavy atom. The number of aromatic nitrogens is 1. The molecule has 0 spiro atoms. The van der Waals surface area contributed by atoms with Gasteiger partial charge in [0.25, 0.3) is 0 Å². The highest BCUT2D eigenvalue weighted by atomic mass is 16.1. The number of aromatic amines is 1. The van der Waals surface area contributed by atoms with E-state index in [1.165, 1.54) is 29.0 Å². The smallest absolute Gasteiger partial charge is 0.221 e. The molecule has 24 heavy (non-hydrogen) atoms. The third-order valence-corrected chi connectivity index (χ3v) is 4.08. The molecule has 1 aromatic heterocycles. The molecule has 0 bridgehead atoms. The molecule has 0 aliphatic rings. The van der Waals surface area contributed by atoms with Crippen molar-refractivity contribution in [3.8, 4) is 0 Å². The van der Waals surface area contributed by atoms with Crippen molar-refractivity contribution in [2.24, 2.45) is 0 Å². The lowest BCUT2D eigenvalue weighted by Gasteiger charge is -2.07. The van der Waals surface area contributed by atoms with Crippen LogP contribution in [0.15, 0.2) is 54.7 Å². The van der Waals surface area contributed by atoms with E-state index in [-0.39, 0.29) is 5.91 Å². The number of nitrogens with one attached hydrogen (secondary N) is 3. The Bertz CT molecular complexity index is 805. The van der Waals surface area contributed by atoms with Crippen LogP contribution in [0.3, 0.4) is 0 Å². The predicted octanol–water partition coefficient (Wildman–Crippen LogP) is 3.85. The van der Waals surface area contributed by atoms with Crippen molar-refractivity contribution < 1.29 is 4.79 Å². The number of H-pyrrole nitrogens is 1. The normalized spacial score (nSPS) is 10.9. The molecule has 3 rings (SSSR count). The number of hydrogen-bond acceptors (Lipinski definition) is 2. The van der Waals surface area contributed by atoms with Crippen LogP contribution in [0.5, 0.6) is 0 Å². The minimum Gasteiger partial charge on any atom is -0.361 e. The molecule has 0 unspecified atom stereocenters. The first-order valence-corrected chi connectivity index (χ1v) is 8.34. The standard InChI is InChI=1S/C20H23N3O/c1-15(24)23-18-10-8-16(9-11-18)13-21-12-4-5-17-14-22-20-7-3-2-6-19(17)20/h2-3,6-11,14,21-22H,4-5,12-13H2,1H3,(H,23,24). The number of carbonyl (C=O) groups excluding carboxylic acids is 1. The molecule has 0 saturated carbocycles. The molecule has 2 aromatic carbocycles. The number of anilines is 1. The summed E-state index contributed by atoms with van der Waals surface area (Å²) in [4.78, 5) is 14.3. The second kappa shape index (κ2) is 7.79. The molecule has 0 saturated heterocycles. The molecule has 4 heteroatoms. The molecule has 4 nitrogen and oxygen atoms in total. The third kappa shape index (κ3) is 4.24. The Morgan fingerprint density at radius 1 is 1.08 bits per heavy atom. The highest BCUT2D eigenvalue weighted by Gasteiger charge is 2.02. The van der Waals surface area contributed by atoms with Gasteiger partial charge in [-0.1, -0.05) is 30.3 Å². The summed E-state index contributed by atoms with van der Waals surface area (Å²) in [5.41, 5.74) is 4.65. The summed E-state index contributed by atoms with van der Waals surface area (Å²) in [5.74, 6) is -0.0434. The van der Waals surface area contributed by atoms with Crippen molar-refractivity contribution in [1.82, 2.24) is 10.3 Å². The minimum absolute atomic E-state index is 0.0434. The van der Waals surface area contributed by atoms with E-state index in [1.54, 1.807) is 0 Å². The van der Waals surface area contributed by atoms with E-state index >= 15 is 0 Å². The maximum Gasteiger partial charge on any atom is 0.221 e. The number of aryl methyl sites for hydroxylation is 1. The van der Waals surface area contributed by atoms with Crippen LogP contribution in [-0.2, 0) is 17.8 Å². The lowest BCUT2D eigenvalue weighted by molar-refractivity contribution is -0.114. The van der Waals surface area contributed by atoms with Gasteiger partial charge in [0.2, 0.25) is 5.91 Å². The van der Waals surface area contributed by atoms with Crippen LogP contribution >= 0.6 is 0 Å². The third-order valence-electron chi connectivity index (χ3n) is 4.08. The lowest BCUT2D eigenvalue weighted by atomic mass is 10.1. The second-order valence-corrected chi connectivity index (χ2v) is 6.02. The first kappa shape index (κ1) is 16.3. The number of carbonyl (C=O) groups is 1. The molecule has 0 aliphatic carbocycles. The molecule has 3 N–H and O–H groups in total. The van der Waals surface area contributed by atoms with Gasteiger partial charge in [0.1, 0.15) is 0 Å². The number of benzene rings is 2. The van der Waals surface area contributed by atoms with E-state index < -0.39 is 0 Å². The number of para-hydroxylation sites is 1. The van der Waals surface area contributed by atoms with Crippen molar-refractivity contribution in [3.63, 3.8) is 0 Å². The fourth-order valence-corrected chi connectivity index (χ4v) is 2.88. The summed E-state index contributed by atoms with van der Waals surface area (Å²) in [7, 11) is 0. The van der Waals surface area contributed by atoms with E-state index in [4.69, 9.17) is 0 Å². The Kier molecular flexibility index (Phi) is 5.29. The summed E-state index contributed by atoms with van der Waals surface area (Å²) in [6, 6.07) is 16.4. The average molecular weight is 321 g/mol. The van der Waals surface area contributed by atoms with Crippen molar-refractivity contribution in [2.45, 2.75) is 26.3 Å².